The molecule has 0 amide bonds. The number of benzene rings is 2. The lowest BCUT2D eigenvalue weighted by Crippen LogP contribution is -2.55. The van der Waals surface area contributed by atoms with Crippen LogP contribution in [0, 0.1) is 0 Å². The minimum atomic E-state index is -0.301. The van der Waals surface area contributed by atoms with Crippen molar-refractivity contribution in [2.24, 2.45) is 0 Å². The second kappa shape index (κ2) is 6.94. The molecule has 0 saturated carbocycles. The van der Waals surface area contributed by atoms with Gasteiger partial charge >= 0.3 is 0 Å². The van der Waals surface area contributed by atoms with Gasteiger partial charge in [0.05, 0.1) is 18.8 Å². The summed E-state index contributed by atoms with van der Waals surface area (Å²) in [6.07, 6.45) is 3.39. The molecule has 0 radical (unpaired) electrons. The molecule has 1 unspecified atom stereocenters. The summed E-state index contributed by atoms with van der Waals surface area (Å²) in [5.41, 5.74) is 1.04. The van der Waals surface area contributed by atoms with Crippen LogP contribution in [0.25, 0.3) is 10.8 Å². The molecule has 4 nitrogen and oxygen atoms in total. The molecule has 2 saturated heterocycles. The number of methoxy groups -OCH3 is 1. The molecule has 4 rings (SSSR count). The summed E-state index contributed by atoms with van der Waals surface area (Å²) < 4.78 is 11.5. The Kier molecular flexibility index (Phi) is 4.67. The fourth-order valence-electron chi connectivity index (χ4n) is 4.37. The molecule has 2 aromatic rings. The number of nitrogens with zero attached hydrogens (tertiary/aromatic N) is 1. The highest BCUT2D eigenvalue weighted by Crippen LogP contribution is 2.36. The lowest BCUT2D eigenvalue weighted by Gasteiger charge is -2.46. The Labute approximate surface area is 149 Å². The Hall–Kier alpha value is -1.62. The molecule has 2 aliphatic rings. The van der Waals surface area contributed by atoms with Crippen LogP contribution in [0.1, 0.15) is 31.2 Å². The van der Waals surface area contributed by atoms with Gasteiger partial charge in [0.1, 0.15) is 5.75 Å². The minimum Gasteiger partial charge on any atom is -0.496 e. The SMILES string of the molecule is COc1ccc(CN2CCC3(CC2)OCCCC3O)c2ccccc12. The van der Waals surface area contributed by atoms with Crippen molar-refractivity contribution in [3.8, 4) is 5.75 Å². The van der Waals surface area contributed by atoms with Crippen molar-refractivity contribution in [3.63, 3.8) is 0 Å². The normalized spacial score (nSPS) is 23.8. The second-order valence-corrected chi connectivity index (χ2v) is 7.32. The average Bonchev–Trinajstić information content (AvgIpc) is 2.66. The van der Waals surface area contributed by atoms with Crippen LogP contribution >= 0.6 is 0 Å². The molecule has 134 valence electrons. The lowest BCUT2D eigenvalue weighted by atomic mass is 9.82. The fourth-order valence-corrected chi connectivity index (χ4v) is 4.37. The van der Waals surface area contributed by atoms with Crippen LogP contribution in [0.2, 0.25) is 0 Å². The summed E-state index contributed by atoms with van der Waals surface area (Å²) in [6, 6.07) is 12.7. The number of hydrogen-bond donors (Lipinski definition) is 1. The van der Waals surface area contributed by atoms with Gasteiger partial charge in [-0.1, -0.05) is 30.3 Å². The van der Waals surface area contributed by atoms with E-state index in [1.54, 1.807) is 7.11 Å². The summed E-state index contributed by atoms with van der Waals surface area (Å²) in [6.45, 7) is 3.66. The third-order valence-corrected chi connectivity index (χ3v) is 5.91. The molecule has 2 aliphatic heterocycles. The number of rotatable bonds is 3. The van der Waals surface area contributed by atoms with Gasteiger partial charge in [-0.25, -0.2) is 0 Å². The van der Waals surface area contributed by atoms with E-state index in [1.165, 1.54) is 16.3 Å². The van der Waals surface area contributed by atoms with Crippen molar-refractivity contribution in [2.75, 3.05) is 26.8 Å². The van der Waals surface area contributed by atoms with Crippen molar-refractivity contribution in [3.05, 3.63) is 42.0 Å². The summed E-state index contributed by atoms with van der Waals surface area (Å²) in [7, 11) is 1.72. The average molecular weight is 341 g/mol. The Morgan fingerprint density at radius 2 is 1.92 bits per heavy atom. The van der Waals surface area contributed by atoms with E-state index in [0.717, 1.165) is 57.7 Å². The Bertz CT molecular complexity index is 737. The lowest BCUT2D eigenvalue weighted by molar-refractivity contribution is -0.177. The Morgan fingerprint density at radius 3 is 2.64 bits per heavy atom. The van der Waals surface area contributed by atoms with Gasteiger partial charge in [-0.15, -0.1) is 0 Å². The van der Waals surface area contributed by atoms with Crippen molar-refractivity contribution < 1.29 is 14.6 Å². The molecule has 0 aliphatic carbocycles. The van der Waals surface area contributed by atoms with Gasteiger partial charge in [-0.3, -0.25) is 4.90 Å². The zero-order chi connectivity index (χ0) is 17.3. The van der Waals surface area contributed by atoms with Gasteiger partial charge in [0.15, 0.2) is 0 Å². The number of hydrogen-bond acceptors (Lipinski definition) is 4. The van der Waals surface area contributed by atoms with Crippen LogP contribution in [0.4, 0.5) is 0 Å². The number of ether oxygens (including phenoxy) is 2. The first kappa shape index (κ1) is 16.8. The first-order chi connectivity index (χ1) is 12.2. The number of fused-ring (bicyclic) bond motifs is 1. The van der Waals surface area contributed by atoms with E-state index in [-0.39, 0.29) is 11.7 Å². The molecular weight excluding hydrogens is 314 g/mol. The van der Waals surface area contributed by atoms with E-state index in [1.807, 2.05) is 0 Å². The zero-order valence-electron chi connectivity index (χ0n) is 14.9. The maximum absolute atomic E-state index is 10.4. The van der Waals surface area contributed by atoms with Gasteiger partial charge < -0.3 is 14.6 Å². The molecule has 2 heterocycles. The van der Waals surface area contributed by atoms with Crippen LogP contribution in [0.15, 0.2) is 36.4 Å². The smallest absolute Gasteiger partial charge is 0.126 e. The van der Waals surface area contributed by atoms with Gasteiger partial charge in [-0.05, 0) is 42.7 Å². The van der Waals surface area contributed by atoms with Gasteiger partial charge in [-0.2, -0.15) is 0 Å². The molecule has 2 fully saturated rings. The maximum atomic E-state index is 10.4. The summed E-state index contributed by atoms with van der Waals surface area (Å²) in [5.74, 6) is 0.927. The molecule has 1 atom stereocenters. The van der Waals surface area contributed by atoms with Crippen LogP contribution in [0.5, 0.6) is 5.75 Å². The van der Waals surface area contributed by atoms with E-state index in [2.05, 4.69) is 41.3 Å². The van der Waals surface area contributed by atoms with Crippen molar-refractivity contribution in [1.82, 2.24) is 4.90 Å². The van der Waals surface area contributed by atoms with Crippen LogP contribution in [-0.2, 0) is 11.3 Å². The van der Waals surface area contributed by atoms with Gasteiger partial charge in [0.2, 0.25) is 0 Å². The number of likely N-dealkylation sites (tertiary alicyclic amines) is 1. The summed E-state index contributed by atoms with van der Waals surface area (Å²) in [5, 5.41) is 12.8. The predicted octanol–water partition coefficient (Wildman–Crippen LogP) is 3.35. The maximum Gasteiger partial charge on any atom is 0.126 e. The van der Waals surface area contributed by atoms with Crippen LogP contribution in [-0.4, -0.2) is 48.5 Å². The van der Waals surface area contributed by atoms with Crippen molar-refractivity contribution >= 4 is 10.8 Å². The number of aliphatic hydroxyl groups is 1. The van der Waals surface area contributed by atoms with Gasteiger partial charge in [0, 0.05) is 31.6 Å². The Morgan fingerprint density at radius 1 is 1.16 bits per heavy atom. The molecule has 0 aromatic heterocycles. The number of piperidine rings is 1. The quantitative estimate of drug-likeness (QED) is 0.930. The fraction of sp³-hybridized carbons (Fsp3) is 0.524. The largest absolute Gasteiger partial charge is 0.496 e. The molecule has 0 bridgehead atoms. The first-order valence-corrected chi connectivity index (χ1v) is 9.31. The molecule has 4 heteroatoms. The highest BCUT2D eigenvalue weighted by molar-refractivity contribution is 5.91. The zero-order valence-corrected chi connectivity index (χ0v) is 14.9. The third-order valence-electron chi connectivity index (χ3n) is 5.91. The van der Waals surface area contributed by atoms with Crippen LogP contribution < -0.4 is 4.74 Å². The molecular formula is C21H27NO3. The van der Waals surface area contributed by atoms with Crippen LogP contribution in [0.3, 0.4) is 0 Å². The molecule has 1 N–H and O–H groups in total. The monoisotopic (exact) mass is 341 g/mol. The van der Waals surface area contributed by atoms with E-state index in [0.29, 0.717) is 0 Å². The van der Waals surface area contributed by atoms with Gasteiger partial charge in [0.25, 0.3) is 0 Å². The molecule has 2 aromatic carbocycles. The Balaban J connectivity index is 1.50. The third kappa shape index (κ3) is 3.14. The van der Waals surface area contributed by atoms with Crippen molar-refractivity contribution in [1.29, 1.82) is 0 Å². The highest BCUT2D eigenvalue weighted by atomic mass is 16.5. The van der Waals surface area contributed by atoms with E-state index >= 15 is 0 Å². The van der Waals surface area contributed by atoms with E-state index in [4.69, 9.17) is 9.47 Å². The summed E-state index contributed by atoms with van der Waals surface area (Å²) in [4.78, 5) is 2.48. The predicted molar refractivity (Wildman–Crippen MR) is 98.9 cm³/mol. The van der Waals surface area contributed by atoms with Crippen molar-refractivity contribution in [2.45, 2.75) is 43.9 Å². The summed E-state index contributed by atoms with van der Waals surface area (Å²) >= 11 is 0. The standard InChI is InChI=1S/C21H27NO3/c1-24-19-9-8-16(17-5-2-3-6-18(17)19)15-22-12-10-21(11-13-22)20(23)7-4-14-25-21/h2-3,5-6,8-9,20,23H,4,7,10-15H2,1H3. The number of aliphatic hydroxyl groups excluding tert-OH is 1. The topological polar surface area (TPSA) is 41.9 Å². The minimum absolute atomic E-state index is 0.295. The molecule has 1 spiro atoms. The van der Waals surface area contributed by atoms with E-state index < -0.39 is 0 Å². The van der Waals surface area contributed by atoms with E-state index in [9.17, 15) is 5.11 Å². The first-order valence-electron chi connectivity index (χ1n) is 9.31. The molecule has 25 heavy (non-hydrogen) atoms. The second-order valence-electron chi connectivity index (χ2n) is 7.32. The highest BCUT2D eigenvalue weighted by Gasteiger charge is 2.43.